The largest absolute Gasteiger partial charge is 0.306 e. The minimum absolute atomic E-state index is 0.0794. The van der Waals surface area contributed by atoms with E-state index < -0.39 is 11.4 Å². The van der Waals surface area contributed by atoms with Crippen molar-refractivity contribution in [3.8, 4) is 5.95 Å². The average molecular weight is 377 g/mol. The second-order valence-electron chi connectivity index (χ2n) is 6.46. The second kappa shape index (κ2) is 6.73. The van der Waals surface area contributed by atoms with Gasteiger partial charge >= 0.3 is 0 Å². The van der Waals surface area contributed by atoms with Gasteiger partial charge in [0.25, 0.3) is 11.5 Å². The number of aromatic amines is 1. The molecule has 0 spiro atoms. The smallest absolute Gasteiger partial charge is 0.260 e. The van der Waals surface area contributed by atoms with Gasteiger partial charge in [0.2, 0.25) is 5.95 Å². The Bertz CT molecular complexity index is 1280. The molecule has 28 heavy (non-hydrogen) atoms. The standard InChI is InChI=1S/C20H16FN5O2/c1-11-4-3-5-13(8-11)18(27)23-17-9-12(2)25-26(17)20-22-16-10-14(21)6-7-15(16)19(28)24-20/h3-10H,1-2H3,(H,23,27)(H,22,24,28). The number of fused-ring (bicyclic) bond motifs is 1. The van der Waals surface area contributed by atoms with Gasteiger partial charge in [-0.05, 0) is 38.1 Å². The first-order chi connectivity index (χ1) is 13.4. The number of carbonyl (C=O) groups excluding carboxylic acids is 1. The third-order valence-electron chi connectivity index (χ3n) is 4.21. The van der Waals surface area contributed by atoms with Crippen LogP contribution in [-0.4, -0.2) is 25.7 Å². The van der Waals surface area contributed by atoms with Crippen molar-refractivity contribution in [3.05, 3.63) is 81.5 Å². The fraction of sp³-hybridized carbons (Fsp3) is 0.100. The number of halogens is 1. The van der Waals surface area contributed by atoms with Crippen LogP contribution in [0.3, 0.4) is 0 Å². The fourth-order valence-corrected chi connectivity index (χ4v) is 2.93. The predicted octanol–water partition coefficient (Wildman–Crippen LogP) is 3.12. The van der Waals surface area contributed by atoms with E-state index in [9.17, 15) is 14.0 Å². The van der Waals surface area contributed by atoms with E-state index in [4.69, 9.17) is 0 Å². The highest BCUT2D eigenvalue weighted by atomic mass is 19.1. The van der Waals surface area contributed by atoms with Crippen LogP contribution in [0.5, 0.6) is 0 Å². The fourth-order valence-electron chi connectivity index (χ4n) is 2.93. The Morgan fingerprint density at radius 1 is 1.14 bits per heavy atom. The van der Waals surface area contributed by atoms with E-state index >= 15 is 0 Å². The normalized spacial score (nSPS) is 11.0. The third-order valence-corrected chi connectivity index (χ3v) is 4.21. The predicted molar refractivity (Wildman–Crippen MR) is 103 cm³/mol. The first-order valence-corrected chi connectivity index (χ1v) is 8.55. The van der Waals surface area contributed by atoms with Gasteiger partial charge in [0.05, 0.1) is 16.6 Å². The summed E-state index contributed by atoms with van der Waals surface area (Å²) in [5, 5.41) is 7.33. The number of H-pyrrole nitrogens is 1. The number of hydrogen-bond acceptors (Lipinski definition) is 4. The van der Waals surface area contributed by atoms with Crippen molar-refractivity contribution in [2.75, 3.05) is 5.32 Å². The van der Waals surface area contributed by atoms with Crippen molar-refractivity contribution >= 4 is 22.6 Å². The molecule has 140 valence electrons. The molecule has 0 aliphatic carbocycles. The van der Waals surface area contributed by atoms with E-state index in [0.29, 0.717) is 17.1 Å². The molecule has 4 aromatic rings. The number of amides is 1. The van der Waals surface area contributed by atoms with Crippen molar-refractivity contribution in [2.24, 2.45) is 0 Å². The minimum atomic E-state index is -0.499. The molecular weight excluding hydrogens is 361 g/mol. The van der Waals surface area contributed by atoms with E-state index in [-0.39, 0.29) is 22.8 Å². The number of aromatic nitrogens is 4. The average Bonchev–Trinajstić information content (AvgIpc) is 3.01. The summed E-state index contributed by atoms with van der Waals surface area (Å²) in [5.74, 6) is -0.404. The van der Waals surface area contributed by atoms with Crippen LogP contribution in [0, 0.1) is 19.7 Å². The lowest BCUT2D eigenvalue weighted by Crippen LogP contribution is -2.19. The third kappa shape index (κ3) is 3.27. The highest BCUT2D eigenvalue weighted by Gasteiger charge is 2.15. The Morgan fingerprint density at radius 3 is 2.75 bits per heavy atom. The summed E-state index contributed by atoms with van der Waals surface area (Å²) < 4.78 is 14.9. The van der Waals surface area contributed by atoms with Crippen molar-refractivity contribution in [2.45, 2.75) is 13.8 Å². The van der Waals surface area contributed by atoms with Crippen LogP contribution >= 0.6 is 0 Å². The summed E-state index contributed by atoms with van der Waals surface area (Å²) in [7, 11) is 0. The van der Waals surface area contributed by atoms with E-state index in [1.165, 1.54) is 22.9 Å². The van der Waals surface area contributed by atoms with Gasteiger partial charge in [-0.2, -0.15) is 9.78 Å². The highest BCUT2D eigenvalue weighted by molar-refractivity contribution is 6.04. The molecule has 2 heterocycles. The molecule has 0 atom stereocenters. The lowest BCUT2D eigenvalue weighted by Gasteiger charge is -2.09. The van der Waals surface area contributed by atoms with Gasteiger partial charge in [0.15, 0.2) is 0 Å². The molecule has 0 saturated heterocycles. The van der Waals surface area contributed by atoms with E-state index in [1.54, 1.807) is 31.2 Å². The monoisotopic (exact) mass is 377 g/mol. The van der Waals surface area contributed by atoms with Gasteiger partial charge in [-0.3, -0.25) is 14.6 Å². The molecule has 0 fully saturated rings. The number of nitrogens with zero attached hydrogens (tertiary/aromatic N) is 3. The molecule has 2 aromatic carbocycles. The second-order valence-corrected chi connectivity index (χ2v) is 6.46. The van der Waals surface area contributed by atoms with Crippen LogP contribution < -0.4 is 10.9 Å². The maximum absolute atomic E-state index is 13.5. The molecule has 0 saturated carbocycles. The van der Waals surface area contributed by atoms with Crippen LogP contribution in [0.15, 0.2) is 53.3 Å². The molecule has 0 unspecified atom stereocenters. The molecular formula is C20H16FN5O2. The number of benzene rings is 2. The molecule has 2 N–H and O–H groups in total. The van der Waals surface area contributed by atoms with Gasteiger partial charge in [0, 0.05) is 17.7 Å². The Labute approximate surface area is 158 Å². The van der Waals surface area contributed by atoms with Gasteiger partial charge in [-0.15, -0.1) is 0 Å². The number of carbonyl (C=O) groups is 1. The van der Waals surface area contributed by atoms with Crippen molar-refractivity contribution < 1.29 is 9.18 Å². The first-order valence-electron chi connectivity index (χ1n) is 8.55. The van der Waals surface area contributed by atoms with Gasteiger partial charge in [-0.25, -0.2) is 9.37 Å². The maximum Gasteiger partial charge on any atom is 0.260 e. The number of aryl methyl sites for hydroxylation is 2. The molecule has 0 aliphatic heterocycles. The minimum Gasteiger partial charge on any atom is -0.306 e. The molecule has 8 heteroatoms. The zero-order chi connectivity index (χ0) is 19.8. The summed E-state index contributed by atoms with van der Waals surface area (Å²) in [5.41, 5.74) is 1.83. The molecule has 0 radical (unpaired) electrons. The Morgan fingerprint density at radius 2 is 1.96 bits per heavy atom. The molecule has 2 aromatic heterocycles. The van der Waals surface area contributed by atoms with Crippen molar-refractivity contribution in [3.63, 3.8) is 0 Å². The molecule has 1 amide bonds. The number of anilines is 1. The molecule has 0 aliphatic rings. The summed E-state index contributed by atoms with van der Waals surface area (Å²) >= 11 is 0. The van der Waals surface area contributed by atoms with Crippen molar-refractivity contribution in [1.29, 1.82) is 0 Å². The number of nitrogens with one attached hydrogen (secondary N) is 2. The van der Waals surface area contributed by atoms with E-state index in [0.717, 1.165) is 5.56 Å². The lowest BCUT2D eigenvalue weighted by atomic mass is 10.1. The van der Waals surface area contributed by atoms with Crippen LogP contribution in [-0.2, 0) is 0 Å². The Balaban J connectivity index is 1.77. The maximum atomic E-state index is 13.5. The number of hydrogen-bond donors (Lipinski definition) is 2. The van der Waals surface area contributed by atoms with Gasteiger partial charge < -0.3 is 5.32 Å². The molecule has 4 rings (SSSR count). The number of rotatable bonds is 3. The summed E-state index contributed by atoms with van der Waals surface area (Å²) in [6.07, 6.45) is 0. The van der Waals surface area contributed by atoms with Crippen LogP contribution in [0.1, 0.15) is 21.6 Å². The summed E-state index contributed by atoms with van der Waals surface area (Å²) in [6, 6.07) is 12.6. The van der Waals surface area contributed by atoms with Crippen molar-refractivity contribution in [1.82, 2.24) is 19.7 Å². The lowest BCUT2D eigenvalue weighted by molar-refractivity contribution is 0.102. The topological polar surface area (TPSA) is 92.7 Å². The van der Waals surface area contributed by atoms with E-state index in [2.05, 4.69) is 20.4 Å². The molecule has 7 nitrogen and oxygen atoms in total. The van der Waals surface area contributed by atoms with E-state index in [1.807, 2.05) is 13.0 Å². The zero-order valence-electron chi connectivity index (χ0n) is 15.2. The first kappa shape index (κ1) is 17.6. The highest BCUT2D eigenvalue weighted by Crippen LogP contribution is 2.17. The van der Waals surface area contributed by atoms with Crippen LogP contribution in [0.4, 0.5) is 10.2 Å². The van der Waals surface area contributed by atoms with Crippen LogP contribution in [0.25, 0.3) is 16.9 Å². The van der Waals surface area contributed by atoms with Gasteiger partial charge in [0.1, 0.15) is 11.6 Å². The van der Waals surface area contributed by atoms with Gasteiger partial charge in [-0.1, -0.05) is 17.7 Å². The molecule has 0 bridgehead atoms. The Hall–Kier alpha value is -3.81. The quantitative estimate of drug-likeness (QED) is 0.574. The SMILES string of the molecule is Cc1cccc(C(=O)Nc2cc(C)nn2-c2nc3cc(F)ccc3c(=O)[nH]2)c1. The van der Waals surface area contributed by atoms with Crippen LogP contribution in [0.2, 0.25) is 0 Å². The summed E-state index contributed by atoms with van der Waals surface area (Å²) in [6.45, 7) is 3.64. The summed E-state index contributed by atoms with van der Waals surface area (Å²) in [4.78, 5) is 31.8. The zero-order valence-corrected chi connectivity index (χ0v) is 15.2. The Kier molecular flexibility index (Phi) is 4.23.